The molecule has 0 saturated heterocycles. The molecular weight excluding hydrogens is 244 g/mol. The fourth-order valence-electron chi connectivity index (χ4n) is 1.19. The summed E-state index contributed by atoms with van der Waals surface area (Å²) in [6.45, 7) is 0. The van der Waals surface area contributed by atoms with E-state index in [9.17, 15) is 4.79 Å². The first kappa shape index (κ1) is 11.3. The Bertz CT molecular complexity index is 527. The van der Waals surface area contributed by atoms with Gasteiger partial charge in [0.25, 0.3) is 5.19 Å². The Hall–Kier alpha value is -2.15. The minimum atomic E-state index is -1.08. The number of ether oxygens (including phenoxy) is 2. The van der Waals surface area contributed by atoms with Crippen LogP contribution in [-0.4, -0.2) is 27.5 Å². The Balaban J connectivity index is 2.38. The second-order valence-corrected chi connectivity index (χ2v) is 3.72. The number of benzene rings is 1. The second-order valence-electron chi connectivity index (χ2n) is 2.98. The van der Waals surface area contributed by atoms with E-state index in [2.05, 4.69) is 9.36 Å². The number of hydrogen-bond acceptors (Lipinski definition) is 6. The van der Waals surface area contributed by atoms with E-state index < -0.39 is 5.97 Å². The van der Waals surface area contributed by atoms with Gasteiger partial charge >= 0.3 is 5.97 Å². The lowest BCUT2D eigenvalue weighted by Crippen LogP contribution is -2.00. The van der Waals surface area contributed by atoms with Crippen LogP contribution in [0.3, 0.4) is 0 Å². The van der Waals surface area contributed by atoms with Gasteiger partial charge in [-0.1, -0.05) is 0 Å². The van der Waals surface area contributed by atoms with Crippen molar-refractivity contribution in [3.05, 3.63) is 30.1 Å². The number of carboxylic acids is 1. The summed E-state index contributed by atoms with van der Waals surface area (Å²) in [6.07, 6.45) is 1.33. The van der Waals surface area contributed by atoms with E-state index >= 15 is 0 Å². The fraction of sp³-hybridized carbons (Fsp3) is 0.100. The largest absolute Gasteiger partial charge is 0.497 e. The molecule has 2 rings (SSSR count). The lowest BCUT2D eigenvalue weighted by atomic mass is 10.2. The van der Waals surface area contributed by atoms with Crippen molar-refractivity contribution >= 4 is 17.5 Å². The summed E-state index contributed by atoms with van der Waals surface area (Å²) in [5.74, 6) is -0.393. The van der Waals surface area contributed by atoms with E-state index in [4.69, 9.17) is 14.6 Å². The van der Waals surface area contributed by atoms with E-state index in [1.54, 1.807) is 6.07 Å². The van der Waals surface area contributed by atoms with Crippen molar-refractivity contribution in [1.82, 2.24) is 9.36 Å². The predicted molar refractivity (Wildman–Crippen MR) is 59.9 cm³/mol. The first-order valence-corrected chi connectivity index (χ1v) is 5.34. The lowest BCUT2D eigenvalue weighted by molar-refractivity contribution is 0.0694. The van der Waals surface area contributed by atoms with Crippen molar-refractivity contribution in [2.24, 2.45) is 0 Å². The third kappa shape index (κ3) is 2.51. The maximum atomic E-state index is 11.0. The molecule has 0 atom stereocenters. The van der Waals surface area contributed by atoms with Crippen LogP contribution in [0.4, 0.5) is 0 Å². The van der Waals surface area contributed by atoms with Crippen LogP contribution in [0.1, 0.15) is 10.4 Å². The highest BCUT2D eigenvalue weighted by Gasteiger charge is 2.14. The Morgan fingerprint density at radius 2 is 2.29 bits per heavy atom. The molecule has 1 aromatic carbocycles. The fourth-order valence-corrected chi connectivity index (χ4v) is 1.60. The highest BCUT2D eigenvalue weighted by molar-refractivity contribution is 7.07. The van der Waals surface area contributed by atoms with Crippen molar-refractivity contribution < 1.29 is 19.4 Å². The van der Waals surface area contributed by atoms with Crippen LogP contribution in [-0.2, 0) is 0 Å². The molecule has 7 heteroatoms. The molecule has 0 aliphatic rings. The highest BCUT2D eigenvalue weighted by Crippen LogP contribution is 2.29. The van der Waals surface area contributed by atoms with Crippen LogP contribution in [0.2, 0.25) is 0 Å². The molecule has 0 fully saturated rings. The van der Waals surface area contributed by atoms with Gasteiger partial charge in [-0.25, -0.2) is 4.79 Å². The number of carbonyl (C=O) groups is 1. The van der Waals surface area contributed by atoms with Gasteiger partial charge in [-0.2, -0.15) is 9.36 Å². The van der Waals surface area contributed by atoms with Gasteiger partial charge in [0.15, 0.2) is 0 Å². The zero-order valence-electron chi connectivity index (χ0n) is 8.78. The van der Waals surface area contributed by atoms with Crippen LogP contribution >= 0.6 is 11.5 Å². The van der Waals surface area contributed by atoms with Crippen molar-refractivity contribution in [1.29, 1.82) is 0 Å². The van der Waals surface area contributed by atoms with Gasteiger partial charge in [0.1, 0.15) is 23.4 Å². The lowest BCUT2D eigenvalue weighted by Gasteiger charge is -2.07. The van der Waals surface area contributed by atoms with Crippen LogP contribution < -0.4 is 9.47 Å². The highest BCUT2D eigenvalue weighted by atomic mass is 32.1. The second kappa shape index (κ2) is 4.79. The quantitative estimate of drug-likeness (QED) is 0.896. The van der Waals surface area contributed by atoms with E-state index in [0.717, 1.165) is 11.5 Å². The van der Waals surface area contributed by atoms with E-state index in [0.29, 0.717) is 5.75 Å². The van der Waals surface area contributed by atoms with Crippen molar-refractivity contribution in [2.45, 2.75) is 0 Å². The molecule has 6 nitrogen and oxygen atoms in total. The number of carboxylic acid groups (broad SMARTS) is 1. The minimum absolute atomic E-state index is 0.0426. The zero-order chi connectivity index (χ0) is 12.3. The Morgan fingerprint density at radius 1 is 1.47 bits per heavy atom. The molecule has 17 heavy (non-hydrogen) atoms. The molecule has 1 heterocycles. The molecule has 0 spiro atoms. The third-order valence-electron chi connectivity index (χ3n) is 1.96. The molecule has 0 aliphatic heterocycles. The van der Waals surface area contributed by atoms with Gasteiger partial charge in [-0.15, -0.1) is 0 Å². The molecule has 0 radical (unpaired) electrons. The molecule has 0 amide bonds. The van der Waals surface area contributed by atoms with Crippen molar-refractivity contribution in [3.8, 4) is 16.7 Å². The maximum absolute atomic E-state index is 11.0. The SMILES string of the molecule is COc1ccc(C(=O)O)c(Oc2ncns2)c1. The van der Waals surface area contributed by atoms with Gasteiger partial charge < -0.3 is 14.6 Å². The monoisotopic (exact) mass is 252 g/mol. The molecule has 0 aliphatic carbocycles. The van der Waals surface area contributed by atoms with Crippen LogP contribution in [0.25, 0.3) is 0 Å². The Labute approximate surface area is 101 Å². The summed E-state index contributed by atoms with van der Waals surface area (Å²) < 4.78 is 14.1. The van der Waals surface area contributed by atoms with Gasteiger partial charge in [0.05, 0.1) is 7.11 Å². The Kier molecular flexibility index (Phi) is 3.20. The van der Waals surface area contributed by atoms with Crippen molar-refractivity contribution in [2.75, 3.05) is 7.11 Å². The smallest absolute Gasteiger partial charge is 0.339 e. The standard InChI is InChI=1S/C10H8N2O4S/c1-15-6-2-3-7(9(13)14)8(4-6)16-10-11-5-12-17-10/h2-5H,1H3,(H,13,14). The van der Waals surface area contributed by atoms with Crippen molar-refractivity contribution in [3.63, 3.8) is 0 Å². The molecule has 2 aromatic rings. The summed E-state index contributed by atoms with van der Waals surface area (Å²) in [4.78, 5) is 14.8. The average molecular weight is 252 g/mol. The summed E-state index contributed by atoms with van der Waals surface area (Å²) >= 11 is 1.03. The van der Waals surface area contributed by atoms with Gasteiger partial charge in [-0.05, 0) is 12.1 Å². The van der Waals surface area contributed by atoms with Gasteiger partial charge in [0, 0.05) is 17.6 Å². The minimum Gasteiger partial charge on any atom is -0.497 e. The number of rotatable bonds is 4. The number of hydrogen-bond donors (Lipinski definition) is 1. The maximum Gasteiger partial charge on any atom is 0.339 e. The van der Waals surface area contributed by atoms with E-state index in [1.165, 1.54) is 25.6 Å². The summed E-state index contributed by atoms with van der Waals surface area (Å²) in [6, 6.07) is 4.46. The molecule has 0 unspecified atom stereocenters. The van der Waals surface area contributed by atoms with E-state index in [-0.39, 0.29) is 16.5 Å². The number of aromatic carboxylic acids is 1. The summed E-state index contributed by atoms with van der Waals surface area (Å²) in [5.41, 5.74) is 0.0426. The molecule has 1 N–H and O–H groups in total. The number of aromatic nitrogens is 2. The van der Waals surface area contributed by atoms with Gasteiger partial charge in [0.2, 0.25) is 0 Å². The molecular formula is C10H8N2O4S. The normalized spacial score (nSPS) is 9.94. The molecule has 0 saturated carbocycles. The van der Waals surface area contributed by atoms with Crippen LogP contribution in [0.15, 0.2) is 24.5 Å². The summed E-state index contributed by atoms with van der Waals surface area (Å²) in [7, 11) is 1.49. The first-order chi connectivity index (χ1) is 8.20. The molecule has 0 bridgehead atoms. The summed E-state index contributed by atoms with van der Waals surface area (Å²) in [5, 5.41) is 9.28. The number of methoxy groups -OCH3 is 1. The van der Waals surface area contributed by atoms with E-state index in [1.807, 2.05) is 0 Å². The predicted octanol–water partition coefficient (Wildman–Crippen LogP) is 2.04. The first-order valence-electron chi connectivity index (χ1n) is 4.56. The van der Waals surface area contributed by atoms with Crippen LogP contribution in [0.5, 0.6) is 16.7 Å². The Morgan fingerprint density at radius 3 is 2.88 bits per heavy atom. The van der Waals surface area contributed by atoms with Crippen LogP contribution in [0, 0.1) is 0 Å². The molecule has 1 aromatic heterocycles. The van der Waals surface area contributed by atoms with Gasteiger partial charge in [-0.3, -0.25) is 0 Å². The number of nitrogens with zero attached hydrogens (tertiary/aromatic N) is 2. The molecule has 88 valence electrons. The third-order valence-corrected chi connectivity index (χ3v) is 2.50. The average Bonchev–Trinajstić information content (AvgIpc) is 2.81. The topological polar surface area (TPSA) is 81.5 Å². The zero-order valence-corrected chi connectivity index (χ0v) is 9.60.